The van der Waals surface area contributed by atoms with Gasteiger partial charge in [-0.05, 0) is 13.8 Å². The highest BCUT2D eigenvalue weighted by Gasteiger charge is 2.28. The van der Waals surface area contributed by atoms with Crippen molar-refractivity contribution >= 4 is 16.3 Å². The summed E-state index contributed by atoms with van der Waals surface area (Å²) >= 11 is 1.61. The lowest BCUT2D eigenvalue weighted by atomic mass is 10.0. The first kappa shape index (κ1) is 14.4. The van der Waals surface area contributed by atoms with E-state index >= 15 is 0 Å². The van der Waals surface area contributed by atoms with Crippen molar-refractivity contribution in [2.24, 2.45) is 0 Å². The summed E-state index contributed by atoms with van der Waals surface area (Å²) in [4.78, 5) is 6.56. The fourth-order valence-electron chi connectivity index (χ4n) is 1.91. The maximum Gasteiger partial charge on any atom is 0.194 e. The van der Waals surface area contributed by atoms with Gasteiger partial charge in [-0.2, -0.15) is 0 Å². The molecule has 6 nitrogen and oxygen atoms in total. The molecule has 0 saturated heterocycles. The van der Waals surface area contributed by atoms with E-state index in [9.17, 15) is 15.3 Å². The Morgan fingerprint density at radius 3 is 2.47 bits per heavy atom. The van der Waals surface area contributed by atoms with Gasteiger partial charge < -0.3 is 15.3 Å². The second-order valence-corrected chi connectivity index (χ2v) is 5.96. The third kappa shape index (κ3) is 2.65. The van der Waals surface area contributed by atoms with Crippen LogP contribution in [0.5, 0.6) is 0 Å². The number of aliphatic hydroxyl groups is 3. The minimum atomic E-state index is -1.07. The molecular weight excluding hydrogens is 266 g/mol. The van der Waals surface area contributed by atoms with E-state index in [4.69, 9.17) is 0 Å². The van der Waals surface area contributed by atoms with Crippen molar-refractivity contribution in [2.45, 2.75) is 25.9 Å². The van der Waals surface area contributed by atoms with Crippen LogP contribution in [-0.4, -0.2) is 50.1 Å². The highest BCUT2D eigenvalue weighted by atomic mass is 32.1. The second-order valence-electron chi connectivity index (χ2n) is 4.75. The van der Waals surface area contributed by atoms with Gasteiger partial charge in [-0.15, -0.1) is 11.3 Å². The zero-order valence-corrected chi connectivity index (χ0v) is 11.9. The van der Waals surface area contributed by atoms with Crippen LogP contribution in [-0.2, 0) is 6.54 Å². The predicted octanol–water partition coefficient (Wildman–Crippen LogP) is -0.182. The van der Waals surface area contributed by atoms with Crippen molar-refractivity contribution in [3.63, 3.8) is 0 Å². The van der Waals surface area contributed by atoms with Crippen molar-refractivity contribution < 1.29 is 15.3 Å². The van der Waals surface area contributed by atoms with E-state index in [2.05, 4.69) is 10.3 Å². The normalized spacial score (nSPS) is 12.5. The highest BCUT2D eigenvalue weighted by Crippen LogP contribution is 2.21. The Morgan fingerprint density at radius 1 is 1.26 bits per heavy atom. The fraction of sp³-hybridized carbons (Fsp3) is 0.583. The Balaban J connectivity index is 2.23. The van der Waals surface area contributed by atoms with Crippen molar-refractivity contribution in [3.8, 4) is 0 Å². The monoisotopic (exact) mass is 285 g/mol. The number of aryl methyl sites for hydroxylation is 2. The molecule has 0 radical (unpaired) electrons. The van der Waals surface area contributed by atoms with Crippen LogP contribution in [0.25, 0.3) is 4.96 Å². The molecule has 2 rings (SSSR count). The summed E-state index contributed by atoms with van der Waals surface area (Å²) in [6.45, 7) is 3.37. The van der Waals surface area contributed by atoms with Crippen molar-refractivity contribution in [2.75, 3.05) is 19.8 Å². The van der Waals surface area contributed by atoms with Crippen LogP contribution in [0.2, 0.25) is 0 Å². The summed E-state index contributed by atoms with van der Waals surface area (Å²) in [5.41, 5.74) is 0.808. The van der Waals surface area contributed by atoms with E-state index in [1.807, 2.05) is 24.4 Å². The van der Waals surface area contributed by atoms with Crippen LogP contribution in [0, 0.1) is 13.8 Å². The Bertz CT molecular complexity index is 552. The summed E-state index contributed by atoms with van der Waals surface area (Å²) in [5, 5.41) is 30.9. The highest BCUT2D eigenvalue weighted by molar-refractivity contribution is 7.17. The molecule has 0 unspecified atom stereocenters. The molecule has 0 fully saturated rings. The Labute approximate surface area is 115 Å². The number of hydrogen-bond donors (Lipinski definition) is 4. The number of fused-ring (bicyclic) bond motifs is 1. The van der Waals surface area contributed by atoms with Gasteiger partial charge in [0, 0.05) is 17.6 Å². The maximum atomic E-state index is 9.29. The lowest BCUT2D eigenvalue weighted by Gasteiger charge is -2.28. The lowest BCUT2D eigenvalue weighted by molar-refractivity contribution is 0.0411. The topological polar surface area (TPSA) is 90.0 Å². The van der Waals surface area contributed by atoms with E-state index in [0.717, 1.165) is 16.3 Å². The molecule has 0 amide bonds. The van der Waals surface area contributed by atoms with Crippen molar-refractivity contribution in [1.29, 1.82) is 0 Å². The molecule has 2 aromatic heterocycles. The number of aliphatic hydroxyl groups excluding tert-OH is 3. The van der Waals surface area contributed by atoms with E-state index in [0.29, 0.717) is 6.54 Å². The zero-order chi connectivity index (χ0) is 14.0. The second kappa shape index (κ2) is 5.56. The van der Waals surface area contributed by atoms with Crippen molar-refractivity contribution in [1.82, 2.24) is 14.7 Å². The molecule has 0 bridgehead atoms. The van der Waals surface area contributed by atoms with Crippen molar-refractivity contribution in [3.05, 3.63) is 22.5 Å². The van der Waals surface area contributed by atoms with Crippen LogP contribution >= 0.6 is 11.3 Å². The molecular formula is C12H19N3O3S. The maximum absolute atomic E-state index is 9.29. The standard InChI is InChI=1S/C12H19N3O3S/c1-8-4-15-10(9(2)14-11(15)19-8)3-13-12(5-16,6-17)7-18/h4,13,16-18H,3,5-7H2,1-2H3. The van der Waals surface area contributed by atoms with Gasteiger partial charge >= 0.3 is 0 Å². The van der Waals surface area contributed by atoms with Gasteiger partial charge in [0.2, 0.25) is 0 Å². The van der Waals surface area contributed by atoms with Gasteiger partial charge in [-0.1, -0.05) is 0 Å². The van der Waals surface area contributed by atoms with Crippen LogP contribution in [0.1, 0.15) is 16.3 Å². The lowest BCUT2D eigenvalue weighted by Crippen LogP contribution is -2.54. The van der Waals surface area contributed by atoms with E-state index in [-0.39, 0.29) is 19.8 Å². The summed E-state index contributed by atoms with van der Waals surface area (Å²) in [5.74, 6) is 0. The Hall–Kier alpha value is -0.990. The van der Waals surface area contributed by atoms with Gasteiger partial charge in [0.05, 0.1) is 36.7 Å². The van der Waals surface area contributed by atoms with E-state index in [1.54, 1.807) is 11.3 Å². The van der Waals surface area contributed by atoms with E-state index in [1.165, 1.54) is 4.88 Å². The molecule has 0 saturated carbocycles. The van der Waals surface area contributed by atoms with Gasteiger partial charge in [0.25, 0.3) is 0 Å². The molecule has 4 N–H and O–H groups in total. The van der Waals surface area contributed by atoms with Crippen LogP contribution in [0.3, 0.4) is 0 Å². The number of rotatable bonds is 6. The average Bonchev–Trinajstić information content (AvgIpc) is 2.88. The zero-order valence-electron chi connectivity index (χ0n) is 11.1. The fourth-order valence-corrected chi connectivity index (χ4v) is 2.80. The number of nitrogens with one attached hydrogen (secondary N) is 1. The molecule has 106 valence electrons. The smallest absolute Gasteiger partial charge is 0.194 e. The predicted molar refractivity (Wildman–Crippen MR) is 73.4 cm³/mol. The Morgan fingerprint density at radius 2 is 1.89 bits per heavy atom. The molecule has 0 aliphatic carbocycles. The summed E-state index contributed by atoms with van der Waals surface area (Å²) in [6, 6.07) is 0. The third-order valence-electron chi connectivity index (χ3n) is 3.28. The molecule has 0 atom stereocenters. The number of thiazole rings is 1. The third-order valence-corrected chi connectivity index (χ3v) is 4.18. The first-order valence-corrected chi connectivity index (χ1v) is 6.88. The Kier molecular flexibility index (Phi) is 4.22. The van der Waals surface area contributed by atoms with E-state index < -0.39 is 5.54 Å². The first-order chi connectivity index (χ1) is 9.05. The molecule has 0 aromatic carbocycles. The number of hydrogen-bond acceptors (Lipinski definition) is 6. The quantitative estimate of drug-likeness (QED) is 0.591. The first-order valence-electron chi connectivity index (χ1n) is 6.07. The largest absolute Gasteiger partial charge is 0.394 e. The SMILES string of the molecule is Cc1cn2c(CNC(CO)(CO)CO)c(C)nc2s1. The number of imidazole rings is 1. The van der Waals surface area contributed by atoms with Gasteiger partial charge in [0.15, 0.2) is 4.96 Å². The minimum absolute atomic E-state index is 0.330. The van der Waals surface area contributed by atoms with Gasteiger partial charge in [-0.25, -0.2) is 4.98 Å². The number of nitrogens with zero attached hydrogens (tertiary/aromatic N) is 2. The summed E-state index contributed by atoms with van der Waals surface area (Å²) in [6.07, 6.45) is 2.01. The average molecular weight is 285 g/mol. The molecule has 7 heteroatoms. The van der Waals surface area contributed by atoms with Crippen LogP contribution < -0.4 is 5.32 Å². The summed E-state index contributed by atoms with van der Waals surface area (Å²) in [7, 11) is 0. The molecule has 19 heavy (non-hydrogen) atoms. The van der Waals surface area contributed by atoms with Gasteiger partial charge in [-0.3, -0.25) is 9.72 Å². The number of aromatic nitrogens is 2. The molecule has 0 spiro atoms. The van der Waals surface area contributed by atoms with Crippen LogP contribution in [0.4, 0.5) is 0 Å². The molecule has 2 aromatic rings. The molecule has 0 aliphatic rings. The molecule has 0 aliphatic heterocycles. The minimum Gasteiger partial charge on any atom is -0.394 e. The summed E-state index contributed by atoms with van der Waals surface area (Å²) < 4.78 is 2.00. The van der Waals surface area contributed by atoms with Gasteiger partial charge in [0.1, 0.15) is 0 Å². The van der Waals surface area contributed by atoms with Crippen LogP contribution in [0.15, 0.2) is 6.20 Å². The molecule has 2 heterocycles.